The molecule has 26 heavy (non-hydrogen) atoms. The van der Waals surface area contributed by atoms with Crippen molar-refractivity contribution in [1.29, 1.82) is 0 Å². The standard InChI is InChI=1S/C20H26ClN3O2/c1-4-24-14(2)13-17(25)18(20(24)26)19(15-7-5-6-8-16(15)21)23-11-9-22(3)10-12-23/h5-8,13,19,25H,4,9-12H2,1-3H3. The molecule has 0 radical (unpaired) electrons. The van der Waals surface area contributed by atoms with E-state index in [9.17, 15) is 9.90 Å². The van der Waals surface area contributed by atoms with Crippen LogP contribution in [0.1, 0.15) is 29.8 Å². The molecular weight excluding hydrogens is 350 g/mol. The van der Waals surface area contributed by atoms with Crippen LogP contribution in [0, 0.1) is 6.92 Å². The van der Waals surface area contributed by atoms with Gasteiger partial charge in [0, 0.05) is 43.4 Å². The molecule has 2 heterocycles. The fourth-order valence-corrected chi connectivity index (χ4v) is 3.97. The van der Waals surface area contributed by atoms with Crippen molar-refractivity contribution in [1.82, 2.24) is 14.4 Å². The lowest BCUT2D eigenvalue weighted by molar-refractivity contribution is 0.125. The van der Waals surface area contributed by atoms with Gasteiger partial charge >= 0.3 is 0 Å². The zero-order valence-corrected chi connectivity index (χ0v) is 16.3. The number of aryl methyl sites for hydroxylation is 1. The number of likely N-dealkylation sites (N-methyl/N-ethyl adjacent to an activating group) is 1. The van der Waals surface area contributed by atoms with E-state index in [1.54, 1.807) is 10.6 Å². The first kappa shape index (κ1) is 19.0. The fourth-order valence-electron chi connectivity index (χ4n) is 3.73. The Morgan fingerprint density at radius 3 is 2.46 bits per heavy atom. The highest BCUT2D eigenvalue weighted by Gasteiger charge is 2.31. The molecule has 1 saturated heterocycles. The third-order valence-electron chi connectivity index (χ3n) is 5.22. The average Bonchev–Trinajstić information content (AvgIpc) is 2.61. The summed E-state index contributed by atoms with van der Waals surface area (Å²) in [4.78, 5) is 17.7. The molecule has 1 aliphatic heterocycles. The zero-order valence-electron chi connectivity index (χ0n) is 15.6. The summed E-state index contributed by atoms with van der Waals surface area (Å²) in [6.07, 6.45) is 0. The van der Waals surface area contributed by atoms with Crippen molar-refractivity contribution >= 4 is 11.6 Å². The van der Waals surface area contributed by atoms with E-state index in [-0.39, 0.29) is 17.4 Å². The Bertz CT molecular complexity index is 841. The summed E-state index contributed by atoms with van der Waals surface area (Å²) in [7, 11) is 2.09. The molecule has 0 aliphatic carbocycles. The van der Waals surface area contributed by atoms with E-state index >= 15 is 0 Å². The number of aromatic hydroxyl groups is 1. The highest BCUT2D eigenvalue weighted by Crippen LogP contribution is 2.36. The quantitative estimate of drug-likeness (QED) is 0.892. The maximum absolute atomic E-state index is 13.2. The van der Waals surface area contributed by atoms with Gasteiger partial charge in [0.15, 0.2) is 0 Å². The van der Waals surface area contributed by atoms with Gasteiger partial charge in [-0.05, 0) is 38.6 Å². The molecular formula is C20H26ClN3O2. The SMILES string of the molecule is CCn1c(C)cc(O)c(C(c2ccccc2Cl)N2CCN(C)CC2)c1=O. The Balaban J connectivity index is 2.19. The van der Waals surface area contributed by atoms with Crippen LogP contribution in [0.3, 0.4) is 0 Å². The van der Waals surface area contributed by atoms with Gasteiger partial charge < -0.3 is 14.6 Å². The summed E-state index contributed by atoms with van der Waals surface area (Å²) in [5, 5.41) is 11.3. The molecule has 140 valence electrons. The van der Waals surface area contributed by atoms with E-state index < -0.39 is 0 Å². The first-order valence-corrected chi connectivity index (χ1v) is 9.42. The topological polar surface area (TPSA) is 48.7 Å². The van der Waals surface area contributed by atoms with Crippen LogP contribution in [-0.4, -0.2) is 52.7 Å². The van der Waals surface area contributed by atoms with Gasteiger partial charge in [-0.15, -0.1) is 0 Å². The van der Waals surface area contributed by atoms with Gasteiger partial charge in [-0.1, -0.05) is 29.8 Å². The smallest absolute Gasteiger partial charge is 0.259 e. The highest BCUT2D eigenvalue weighted by molar-refractivity contribution is 6.31. The van der Waals surface area contributed by atoms with Crippen LogP contribution in [0.4, 0.5) is 0 Å². The van der Waals surface area contributed by atoms with Crippen molar-refractivity contribution < 1.29 is 5.11 Å². The van der Waals surface area contributed by atoms with Gasteiger partial charge in [-0.25, -0.2) is 0 Å². The molecule has 6 heteroatoms. The van der Waals surface area contributed by atoms with E-state index in [2.05, 4.69) is 16.8 Å². The Labute approximate surface area is 159 Å². The van der Waals surface area contributed by atoms with Crippen LogP contribution in [0.15, 0.2) is 35.1 Å². The number of nitrogens with zero attached hydrogens (tertiary/aromatic N) is 3. The molecule has 1 fully saturated rings. The molecule has 1 unspecified atom stereocenters. The predicted octanol–water partition coefficient (Wildman–Crippen LogP) is 2.87. The summed E-state index contributed by atoms with van der Waals surface area (Å²) >= 11 is 6.50. The largest absolute Gasteiger partial charge is 0.507 e. The number of pyridine rings is 1. The minimum atomic E-state index is -0.358. The average molecular weight is 376 g/mol. The number of piperazine rings is 1. The Morgan fingerprint density at radius 1 is 1.19 bits per heavy atom. The summed E-state index contributed by atoms with van der Waals surface area (Å²) in [5.74, 6) is 0.0426. The minimum absolute atomic E-state index is 0.0426. The molecule has 0 bridgehead atoms. The van der Waals surface area contributed by atoms with Crippen LogP contribution in [-0.2, 0) is 6.54 Å². The van der Waals surface area contributed by atoms with Crippen molar-refractivity contribution in [3.05, 3.63) is 62.5 Å². The number of hydrogen-bond donors (Lipinski definition) is 1. The van der Waals surface area contributed by atoms with Crippen molar-refractivity contribution in [3.63, 3.8) is 0 Å². The number of benzene rings is 1. The Morgan fingerprint density at radius 2 is 1.85 bits per heavy atom. The van der Waals surface area contributed by atoms with E-state index in [4.69, 9.17) is 11.6 Å². The zero-order chi connectivity index (χ0) is 18.8. The maximum atomic E-state index is 13.2. The predicted molar refractivity (Wildman–Crippen MR) is 105 cm³/mol. The van der Waals surface area contributed by atoms with E-state index in [0.717, 1.165) is 37.4 Å². The van der Waals surface area contributed by atoms with Gasteiger partial charge in [0.25, 0.3) is 5.56 Å². The van der Waals surface area contributed by atoms with Gasteiger partial charge in [0.1, 0.15) is 5.75 Å². The lowest BCUT2D eigenvalue weighted by Crippen LogP contribution is -2.47. The van der Waals surface area contributed by atoms with Gasteiger partial charge in [0.05, 0.1) is 11.6 Å². The molecule has 0 spiro atoms. The molecule has 0 amide bonds. The minimum Gasteiger partial charge on any atom is -0.507 e. The van der Waals surface area contributed by atoms with Gasteiger partial charge in [-0.3, -0.25) is 9.69 Å². The van der Waals surface area contributed by atoms with Gasteiger partial charge in [-0.2, -0.15) is 0 Å². The molecule has 3 rings (SSSR count). The van der Waals surface area contributed by atoms with Crippen molar-refractivity contribution in [2.75, 3.05) is 33.2 Å². The highest BCUT2D eigenvalue weighted by atomic mass is 35.5. The van der Waals surface area contributed by atoms with Crippen LogP contribution in [0.5, 0.6) is 5.75 Å². The Kier molecular flexibility index (Phi) is 5.70. The van der Waals surface area contributed by atoms with E-state index in [1.807, 2.05) is 38.1 Å². The molecule has 1 atom stereocenters. The molecule has 0 saturated carbocycles. The number of rotatable bonds is 4. The first-order chi connectivity index (χ1) is 12.4. The number of aromatic nitrogens is 1. The second-order valence-electron chi connectivity index (χ2n) is 6.90. The monoisotopic (exact) mass is 375 g/mol. The molecule has 1 aliphatic rings. The summed E-state index contributed by atoms with van der Waals surface area (Å²) in [6, 6.07) is 8.91. The molecule has 5 nitrogen and oxygen atoms in total. The molecule has 1 N–H and O–H groups in total. The van der Waals surface area contributed by atoms with E-state index in [0.29, 0.717) is 17.1 Å². The molecule has 2 aromatic rings. The fraction of sp³-hybridized carbons (Fsp3) is 0.450. The van der Waals surface area contributed by atoms with Gasteiger partial charge in [0.2, 0.25) is 0 Å². The summed E-state index contributed by atoms with van der Waals surface area (Å²) in [6.45, 7) is 7.79. The van der Waals surface area contributed by atoms with Crippen molar-refractivity contribution in [3.8, 4) is 5.75 Å². The second-order valence-corrected chi connectivity index (χ2v) is 7.30. The van der Waals surface area contributed by atoms with Crippen molar-refractivity contribution in [2.45, 2.75) is 26.4 Å². The maximum Gasteiger partial charge on any atom is 0.259 e. The van der Waals surface area contributed by atoms with Crippen LogP contribution < -0.4 is 5.56 Å². The van der Waals surface area contributed by atoms with Crippen LogP contribution in [0.25, 0.3) is 0 Å². The molecule has 1 aromatic heterocycles. The number of hydrogen-bond acceptors (Lipinski definition) is 4. The summed E-state index contributed by atoms with van der Waals surface area (Å²) < 4.78 is 1.70. The number of halogens is 1. The lowest BCUT2D eigenvalue weighted by atomic mass is 9.96. The summed E-state index contributed by atoms with van der Waals surface area (Å²) in [5.41, 5.74) is 1.89. The second kappa shape index (κ2) is 7.82. The Hall–Kier alpha value is -1.82. The molecule has 1 aromatic carbocycles. The van der Waals surface area contributed by atoms with Crippen LogP contribution in [0.2, 0.25) is 5.02 Å². The normalized spacial score (nSPS) is 17.4. The first-order valence-electron chi connectivity index (χ1n) is 9.04. The lowest BCUT2D eigenvalue weighted by Gasteiger charge is -2.38. The third kappa shape index (κ3) is 3.52. The van der Waals surface area contributed by atoms with E-state index in [1.165, 1.54) is 0 Å². The van der Waals surface area contributed by atoms with Crippen molar-refractivity contribution in [2.24, 2.45) is 0 Å². The van der Waals surface area contributed by atoms with Crippen LogP contribution >= 0.6 is 11.6 Å². The third-order valence-corrected chi connectivity index (χ3v) is 5.56.